The van der Waals surface area contributed by atoms with Crippen LogP contribution in [0.3, 0.4) is 0 Å². The zero-order valence-electron chi connectivity index (χ0n) is 13.3. The molecule has 2 aromatic rings. The van der Waals surface area contributed by atoms with Gasteiger partial charge in [-0.15, -0.1) is 0 Å². The fourth-order valence-electron chi connectivity index (χ4n) is 2.58. The third-order valence-electron chi connectivity index (χ3n) is 3.70. The summed E-state index contributed by atoms with van der Waals surface area (Å²) in [5.74, 6) is 2.55. The predicted molar refractivity (Wildman–Crippen MR) is 92.8 cm³/mol. The van der Waals surface area contributed by atoms with Crippen LogP contribution in [0.25, 0.3) is 0 Å². The van der Waals surface area contributed by atoms with Gasteiger partial charge in [0, 0.05) is 10.7 Å². The van der Waals surface area contributed by atoms with E-state index in [0.29, 0.717) is 0 Å². The molecule has 3 nitrogen and oxygen atoms in total. The fraction of sp³-hybridized carbons (Fsp3) is 0.333. The molecule has 4 heteroatoms. The van der Waals surface area contributed by atoms with E-state index < -0.39 is 0 Å². The van der Waals surface area contributed by atoms with Crippen LogP contribution in [0.15, 0.2) is 42.5 Å². The normalized spacial score (nSPS) is 13.3. The molecule has 0 aliphatic heterocycles. The van der Waals surface area contributed by atoms with Crippen LogP contribution in [-0.2, 0) is 0 Å². The van der Waals surface area contributed by atoms with Crippen molar-refractivity contribution in [3.8, 4) is 17.2 Å². The van der Waals surface area contributed by atoms with Gasteiger partial charge >= 0.3 is 0 Å². The lowest BCUT2D eigenvalue weighted by Crippen LogP contribution is -2.11. The lowest BCUT2D eigenvalue weighted by Gasteiger charge is -2.22. The quantitative estimate of drug-likeness (QED) is 0.699. The Morgan fingerprint density at radius 1 is 0.773 bits per heavy atom. The third kappa shape index (κ3) is 3.55. The van der Waals surface area contributed by atoms with E-state index in [4.69, 9.17) is 14.2 Å². The van der Waals surface area contributed by atoms with Crippen molar-refractivity contribution in [2.75, 3.05) is 21.3 Å². The Bertz CT molecular complexity index is 608. The fourth-order valence-corrected chi connectivity index (χ4v) is 3.19. The van der Waals surface area contributed by atoms with E-state index in [2.05, 4.69) is 41.1 Å². The summed E-state index contributed by atoms with van der Waals surface area (Å²) in [4.78, 5) is 0.277. The van der Waals surface area contributed by atoms with Crippen LogP contribution in [0, 0.1) is 0 Å². The van der Waals surface area contributed by atoms with Gasteiger partial charge in [0.2, 0.25) is 0 Å². The van der Waals surface area contributed by atoms with E-state index in [0.717, 1.165) is 17.2 Å². The molecule has 0 bridgehead atoms. The Kier molecular flexibility index (Phi) is 5.72. The van der Waals surface area contributed by atoms with E-state index in [1.165, 1.54) is 11.1 Å². The summed E-state index contributed by atoms with van der Waals surface area (Å²) in [6.45, 7) is 2.14. The van der Waals surface area contributed by atoms with Crippen LogP contribution >= 0.6 is 15.9 Å². The van der Waals surface area contributed by atoms with Crippen LogP contribution in [0.1, 0.15) is 24.0 Å². The van der Waals surface area contributed by atoms with Crippen LogP contribution in [0.5, 0.6) is 17.2 Å². The first-order chi connectivity index (χ1) is 10.6. The van der Waals surface area contributed by atoms with Gasteiger partial charge < -0.3 is 14.2 Å². The van der Waals surface area contributed by atoms with Crippen molar-refractivity contribution in [2.45, 2.75) is 17.7 Å². The van der Waals surface area contributed by atoms with Crippen LogP contribution in [0.2, 0.25) is 0 Å². The second-order valence-electron chi connectivity index (χ2n) is 5.04. The van der Waals surface area contributed by atoms with Crippen LogP contribution in [-0.4, -0.2) is 26.2 Å². The second-order valence-corrected chi connectivity index (χ2v) is 6.49. The minimum absolute atomic E-state index is 0.214. The highest BCUT2D eigenvalue weighted by Crippen LogP contribution is 2.37. The molecule has 0 aromatic heterocycles. The molecule has 22 heavy (non-hydrogen) atoms. The van der Waals surface area contributed by atoms with Gasteiger partial charge in [0.05, 0.1) is 21.3 Å². The molecule has 0 N–H and O–H groups in total. The van der Waals surface area contributed by atoms with E-state index >= 15 is 0 Å². The molecule has 0 aliphatic rings. The summed E-state index contributed by atoms with van der Waals surface area (Å²) >= 11 is 3.73. The molecule has 0 spiro atoms. The highest BCUT2D eigenvalue weighted by atomic mass is 79.9. The molecule has 0 saturated heterocycles. The highest BCUT2D eigenvalue weighted by molar-refractivity contribution is 9.09. The van der Waals surface area contributed by atoms with Gasteiger partial charge in [-0.05, 0) is 35.4 Å². The summed E-state index contributed by atoms with van der Waals surface area (Å²) in [6.07, 6.45) is 0. The molecule has 0 saturated carbocycles. The highest BCUT2D eigenvalue weighted by Gasteiger charge is 2.21. The molecule has 2 atom stereocenters. The molecular weight excluding hydrogens is 344 g/mol. The first-order valence-electron chi connectivity index (χ1n) is 7.10. The summed E-state index contributed by atoms with van der Waals surface area (Å²) in [6, 6.07) is 14.2. The Morgan fingerprint density at radius 2 is 1.36 bits per heavy atom. The van der Waals surface area contributed by atoms with E-state index in [-0.39, 0.29) is 10.7 Å². The van der Waals surface area contributed by atoms with Gasteiger partial charge in [-0.1, -0.05) is 41.1 Å². The number of benzene rings is 2. The molecule has 0 radical (unpaired) electrons. The maximum atomic E-state index is 5.42. The molecule has 2 rings (SSSR count). The van der Waals surface area contributed by atoms with Crippen molar-refractivity contribution in [3.63, 3.8) is 0 Å². The zero-order chi connectivity index (χ0) is 16.1. The van der Waals surface area contributed by atoms with Gasteiger partial charge in [-0.3, -0.25) is 0 Å². The summed E-state index contributed by atoms with van der Waals surface area (Å²) in [5.41, 5.74) is 2.39. The average molecular weight is 365 g/mol. The molecule has 0 amide bonds. The summed E-state index contributed by atoms with van der Waals surface area (Å²) in [5, 5.41) is 0. The first-order valence-corrected chi connectivity index (χ1v) is 8.02. The van der Waals surface area contributed by atoms with E-state index in [9.17, 15) is 0 Å². The predicted octanol–water partition coefficient (Wildman–Crippen LogP) is 4.63. The lowest BCUT2D eigenvalue weighted by atomic mass is 9.89. The van der Waals surface area contributed by atoms with Gasteiger partial charge in [0.15, 0.2) is 11.5 Å². The monoisotopic (exact) mass is 364 g/mol. The minimum atomic E-state index is 0.214. The van der Waals surface area contributed by atoms with Crippen LogP contribution < -0.4 is 14.2 Å². The molecular formula is C18H21BrO3. The van der Waals surface area contributed by atoms with Crippen molar-refractivity contribution in [1.29, 1.82) is 0 Å². The SMILES string of the molecule is COc1ccc([C@H](c2ccc(OC)c(OC)c2)[C@@H](C)Br)cc1. The summed E-state index contributed by atoms with van der Waals surface area (Å²) < 4.78 is 16.0. The molecule has 0 aliphatic carbocycles. The molecule has 0 heterocycles. The third-order valence-corrected chi connectivity index (χ3v) is 4.23. The van der Waals surface area contributed by atoms with Gasteiger partial charge in [-0.25, -0.2) is 0 Å². The van der Waals surface area contributed by atoms with Gasteiger partial charge in [0.1, 0.15) is 5.75 Å². The molecule has 2 aromatic carbocycles. The standard InChI is InChI=1S/C18H21BrO3/c1-12(19)18(13-5-8-15(20-2)9-6-13)14-7-10-16(21-3)17(11-14)22-4/h5-12,18H,1-4H3/t12-,18-/m1/s1. The van der Waals surface area contributed by atoms with E-state index in [1.807, 2.05) is 24.3 Å². The van der Waals surface area contributed by atoms with Crippen molar-refractivity contribution in [2.24, 2.45) is 0 Å². The topological polar surface area (TPSA) is 27.7 Å². The number of hydrogen-bond donors (Lipinski definition) is 0. The smallest absolute Gasteiger partial charge is 0.161 e. The Morgan fingerprint density at radius 3 is 1.86 bits per heavy atom. The van der Waals surface area contributed by atoms with Crippen molar-refractivity contribution in [3.05, 3.63) is 53.6 Å². The Balaban J connectivity index is 2.43. The average Bonchev–Trinajstić information content (AvgIpc) is 2.55. The van der Waals surface area contributed by atoms with Crippen LogP contribution in [0.4, 0.5) is 0 Å². The number of methoxy groups -OCH3 is 3. The molecule has 0 fully saturated rings. The molecule has 118 valence electrons. The van der Waals surface area contributed by atoms with Crippen molar-refractivity contribution >= 4 is 15.9 Å². The van der Waals surface area contributed by atoms with Crippen molar-refractivity contribution in [1.82, 2.24) is 0 Å². The minimum Gasteiger partial charge on any atom is -0.497 e. The largest absolute Gasteiger partial charge is 0.497 e. The zero-order valence-corrected chi connectivity index (χ0v) is 14.9. The summed E-state index contributed by atoms with van der Waals surface area (Å²) in [7, 11) is 4.97. The Labute approximate surface area is 140 Å². The maximum Gasteiger partial charge on any atom is 0.161 e. The van der Waals surface area contributed by atoms with Gasteiger partial charge in [0.25, 0.3) is 0 Å². The van der Waals surface area contributed by atoms with Crippen molar-refractivity contribution < 1.29 is 14.2 Å². The number of ether oxygens (including phenoxy) is 3. The number of hydrogen-bond acceptors (Lipinski definition) is 3. The first kappa shape index (κ1) is 16.7. The maximum absolute atomic E-state index is 5.42. The second kappa shape index (κ2) is 7.54. The number of alkyl halides is 1. The Hall–Kier alpha value is -1.68. The number of halogens is 1. The van der Waals surface area contributed by atoms with Gasteiger partial charge in [-0.2, -0.15) is 0 Å². The number of rotatable bonds is 6. The lowest BCUT2D eigenvalue weighted by molar-refractivity contribution is 0.354. The molecule has 0 unspecified atom stereocenters. The van der Waals surface area contributed by atoms with E-state index in [1.54, 1.807) is 21.3 Å².